The number of likely N-dealkylation sites (tertiary alicyclic amines) is 1. The van der Waals surface area contributed by atoms with Gasteiger partial charge in [0, 0.05) is 32.4 Å². The fourth-order valence-corrected chi connectivity index (χ4v) is 4.20. The maximum atomic E-state index is 12.9. The number of piperidine rings is 1. The van der Waals surface area contributed by atoms with Crippen molar-refractivity contribution in [1.82, 2.24) is 19.2 Å². The van der Waals surface area contributed by atoms with Crippen molar-refractivity contribution in [3.8, 4) is 0 Å². The average Bonchev–Trinajstić information content (AvgIpc) is 2.60. The molecule has 25 heavy (non-hydrogen) atoms. The van der Waals surface area contributed by atoms with Gasteiger partial charge in [-0.15, -0.1) is 0 Å². The van der Waals surface area contributed by atoms with E-state index in [1.807, 2.05) is 20.8 Å². The van der Waals surface area contributed by atoms with Gasteiger partial charge in [-0.05, 0) is 32.6 Å². The van der Waals surface area contributed by atoms with Crippen molar-refractivity contribution in [2.24, 2.45) is 0 Å². The summed E-state index contributed by atoms with van der Waals surface area (Å²) in [4.78, 5) is 23.3. The summed E-state index contributed by atoms with van der Waals surface area (Å²) < 4.78 is 25.5. The zero-order valence-corrected chi connectivity index (χ0v) is 16.5. The maximum Gasteiger partial charge on any atom is 0.257 e. The molecule has 0 atom stereocenters. The fourth-order valence-electron chi connectivity index (χ4n) is 3.13. The number of sulfonamides is 1. The van der Waals surface area contributed by atoms with Gasteiger partial charge in [-0.2, -0.15) is 0 Å². The van der Waals surface area contributed by atoms with Gasteiger partial charge < -0.3 is 4.90 Å². The second-order valence-corrected chi connectivity index (χ2v) is 9.13. The van der Waals surface area contributed by atoms with Crippen LogP contribution in [0, 0.1) is 6.92 Å². The molecule has 0 aromatic carbocycles. The molecule has 1 aromatic heterocycles. The van der Waals surface area contributed by atoms with E-state index in [1.165, 1.54) is 4.31 Å². The van der Waals surface area contributed by atoms with Crippen LogP contribution in [-0.4, -0.2) is 65.4 Å². The van der Waals surface area contributed by atoms with E-state index in [1.54, 1.807) is 25.1 Å². The summed E-state index contributed by atoms with van der Waals surface area (Å²) in [5.41, 5.74) is 1.32. The molecule has 2 heterocycles. The van der Waals surface area contributed by atoms with Crippen LogP contribution in [-0.2, 0) is 10.0 Å². The van der Waals surface area contributed by atoms with Gasteiger partial charge in [0.15, 0.2) is 0 Å². The number of amides is 1. The van der Waals surface area contributed by atoms with Crippen LogP contribution in [0.3, 0.4) is 0 Å². The fraction of sp³-hybridized carbons (Fsp3) is 0.706. The first kappa shape index (κ1) is 19.8. The number of hydrogen-bond acceptors (Lipinski definition) is 5. The quantitative estimate of drug-likeness (QED) is 0.791. The van der Waals surface area contributed by atoms with E-state index >= 15 is 0 Å². The number of carbonyl (C=O) groups excluding carboxylic acids is 1. The molecule has 140 valence electrons. The molecule has 1 aliphatic heterocycles. The van der Waals surface area contributed by atoms with Crippen LogP contribution < -0.4 is 0 Å². The molecule has 0 saturated carbocycles. The molecule has 0 unspecified atom stereocenters. The van der Waals surface area contributed by atoms with Gasteiger partial charge in [0.25, 0.3) is 5.91 Å². The molecule has 1 amide bonds. The summed E-state index contributed by atoms with van der Waals surface area (Å²) in [7, 11) is -1.57. The van der Waals surface area contributed by atoms with Crippen LogP contribution in [0.25, 0.3) is 0 Å². The normalized spacial score (nSPS) is 16.7. The first-order valence-electron chi connectivity index (χ1n) is 8.75. The highest BCUT2D eigenvalue weighted by atomic mass is 32.2. The van der Waals surface area contributed by atoms with Gasteiger partial charge >= 0.3 is 0 Å². The van der Waals surface area contributed by atoms with Crippen molar-refractivity contribution in [2.75, 3.05) is 25.9 Å². The van der Waals surface area contributed by atoms with Gasteiger partial charge in [0.2, 0.25) is 10.0 Å². The SMILES string of the molecule is CCS(=O)(=O)N(C)C1CCN(C(=O)c2cnc(C)nc2C(C)C)CC1. The lowest BCUT2D eigenvalue weighted by Crippen LogP contribution is -2.47. The lowest BCUT2D eigenvalue weighted by molar-refractivity contribution is 0.0683. The molecule has 0 spiro atoms. The molecule has 0 bridgehead atoms. The first-order chi connectivity index (χ1) is 11.7. The van der Waals surface area contributed by atoms with E-state index in [0.29, 0.717) is 37.3 Å². The highest BCUT2D eigenvalue weighted by Crippen LogP contribution is 2.23. The lowest BCUT2D eigenvalue weighted by atomic mass is 10.0. The minimum Gasteiger partial charge on any atom is -0.338 e. The summed E-state index contributed by atoms with van der Waals surface area (Å²) in [6.07, 6.45) is 2.90. The lowest BCUT2D eigenvalue weighted by Gasteiger charge is -2.36. The van der Waals surface area contributed by atoms with Crippen LogP contribution >= 0.6 is 0 Å². The van der Waals surface area contributed by atoms with Gasteiger partial charge in [0.1, 0.15) is 5.82 Å². The molecule has 1 saturated heterocycles. The number of carbonyl (C=O) groups is 1. The third-order valence-electron chi connectivity index (χ3n) is 4.79. The van der Waals surface area contributed by atoms with E-state index < -0.39 is 10.0 Å². The second kappa shape index (κ2) is 7.78. The van der Waals surface area contributed by atoms with E-state index in [0.717, 1.165) is 5.69 Å². The maximum absolute atomic E-state index is 12.9. The Hall–Kier alpha value is -1.54. The second-order valence-electron chi connectivity index (χ2n) is 6.81. The highest BCUT2D eigenvalue weighted by Gasteiger charge is 2.31. The molecular formula is C17H28N4O3S. The number of aryl methyl sites for hydroxylation is 1. The predicted octanol–water partition coefficient (Wildman–Crippen LogP) is 1.79. The summed E-state index contributed by atoms with van der Waals surface area (Å²) in [5, 5.41) is 0. The molecule has 0 radical (unpaired) electrons. The Balaban J connectivity index is 2.10. The van der Waals surface area contributed by atoms with Crippen LogP contribution in [0.1, 0.15) is 61.4 Å². The van der Waals surface area contributed by atoms with Gasteiger partial charge in [0.05, 0.1) is 17.0 Å². The van der Waals surface area contributed by atoms with E-state index in [9.17, 15) is 13.2 Å². The smallest absolute Gasteiger partial charge is 0.257 e. The average molecular weight is 369 g/mol. The van der Waals surface area contributed by atoms with Crippen LogP contribution in [0.5, 0.6) is 0 Å². The van der Waals surface area contributed by atoms with Crippen molar-refractivity contribution < 1.29 is 13.2 Å². The van der Waals surface area contributed by atoms with Gasteiger partial charge in [-0.3, -0.25) is 4.79 Å². The number of rotatable bonds is 5. The minimum absolute atomic E-state index is 0.0483. The Morgan fingerprint density at radius 1 is 1.36 bits per heavy atom. The third kappa shape index (κ3) is 4.36. The number of aromatic nitrogens is 2. The Bertz CT molecular complexity index is 725. The monoisotopic (exact) mass is 368 g/mol. The zero-order chi connectivity index (χ0) is 18.8. The summed E-state index contributed by atoms with van der Waals surface area (Å²) in [6, 6.07) is -0.0483. The Labute approximate surface area is 150 Å². The van der Waals surface area contributed by atoms with Crippen molar-refractivity contribution in [3.63, 3.8) is 0 Å². The molecule has 1 aromatic rings. The molecule has 7 nitrogen and oxygen atoms in total. The summed E-state index contributed by atoms with van der Waals surface area (Å²) in [6.45, 7) is 8.56. The van der Waals surface area contributed by atoms with Gasteiger partial charge in [-0.25, -0.2) is 22.7 Å². The number of nitrogens with zero attached hydrogens (tertiary/aromatic N) is 4. The van der Waals surface area contributed by atoms with E-state index in [2.05, 4.69) is 9.97 Å². The Morgan fingerprint density at radius 3 is 2.48 bits per heavy atom. The molecule has 0 N–H and O–H groups in total. The number of hydrogen-bond donors (Lipinski definition) is 0. The van der Waals surface area contributed by atoms with E-state index in [4.69, 9.17) is 0 Å². The Morgan fingerprint density at radius 2 is 1.96 bits per heavy atom. The first-order valence-corrected chi connectivity index (χ1v) is 10.4. The molecule has 0 aliphatic carbocycles. The molecule has 8 heteroatoms. The standard InChI is InChI=1S/C17H28N4O3S/c1-6-25(23,24)20(5)14-7-9-21(10-8-14)17(22)15-11-18-13(4)19-16(15)12(2)3/h11-12,14H,6-10H2,1-5H3. The predicted molar refractivity (Wildman–Crippen MR) is 97.0 cm³/mol. The minimum atomic E-state index is -3.20. The summed E-state index contributed by atoms with van der Waals surface area (Å²) >= 11 is 0. The largest absolute Gasteiger partial charge is 0.338 e. The van der Waals surface area contributed by atoms with Crippen molar-refractivity contribution in [2.45, 2.75) is 52.5 Å². The molecule has 1 aliphatic rings. The Kier molecular flexibility index (Phi) is 6.16. The topological polar surface area (TPSA) is 83.5 Å². The van der Waals surface area contributed by atoms with Crippen molar-refractivity contribution in [1.29, 1.82) is 0 Å². The van der Waals surface area contributed by atoms with Crippen LogP contribution in [0.2, 0.25) is 0 Å². The van der Waals surface area contributed by atoms with Gasteiger partial charge in [-0.1, -0.05) is 13.8 Å². The van der Waals surface area contributed by atoms with Crippen LogP contribution in [0.4, 0.5) is 0 Å². The molecule has 2 rings (SSSR count). The third-order valence-corrected chi connectivity index (χ3v) is 6.69. The van der Waals surface area contributed by atoms with Crippen LogP contribution in [0.15, 0.2) is 6.20 Å². The van der Waals surface area contributed by atoms with Crippen molar-refractivity contribution in [3.05, 3.63) is 23.3 Å². The highest BCUT2D eigenvalue weighted by molar-refractivity contribution is 7.89. The molecule has 1 fully saturated rings. The summed E-state index contributed by atoms with van der Waals surface area (Å²) in [5.74, 6) is 0.828. The van der Waals surface area contributed by atoms with Crippen molar-refractivity contribution >= 4 is 15.9 Å². The van der Waals surface area contributed by atoms with E-state index in [-0.39, 0.29) is 23.6 Å². The zero-order valence-electron chi connectivity index (χ0n) is 15.7. The molecular weight excluding hydrogens is 340 g/mol.